The summed E-state index contributed by atoms with van der Waals surface area (Å²) in [5.74, 6) is -1.12. The van der Waals surface area contributed by atoms with E-state index in [2.05, 4.69) is 3.78 Å². The van der Waals surface area contributed by atoms with E-state index in [0.717, 1.165) is 0 Å². The van der Waals surface area contributed by atoms with E-state index in [1.54, 1.807) is 0 Å². The molecule has 0 amide bonds. The van der Waals surface area contributed by atoms with Gasteiger partial charge in [-0.3, -0.25) is 0 Å². The van der Waals surface area contributed by atoms with Crippen molar-refractivity contribution in [2.45, 2.75) is 12.5 Å². The van der Waals surface area contributed by atoms with Crippen LogP contribution in [-0.4, -0.2) is 48.2 Å². The van der Waals surface area contributed by atoms with Gasteiger partial charge >= 0.3 is 69.3 Å². The van der Waals surface area contributed by atoms with E-state index in [9.17, 15) is 4.79 Å². The van der Waals surface area contributed by atoms with Crippen molar-refractivity contribution in [3.8, 4) is 0 Å². The molecule has 10 heavy (non-hydrogen) atoms. The zero-order valence-corrected chi connectivity index (χ0v) is 8.67. The number of carboxylic acids is 1. The van der Waals surface area contributed by atoms with Gasteiger partial charge in [-0.1, -0.05) is 0 Å². The first kappa shape index (κ1) is 8.02. The van der Waals surface area contributed by atoms with Gasteiger partial charge in [-0.05, 0) is 0 Å². The van der Waals surface area contributed by atoms with E-state index in [0.29, 0.717) is 6.42 Å². The molecule has 1 rings (SSSR count). The number of aliphatic hydroxyl groups excluding tert-OH is 1. The summed E-state index contributed by atoms with van der Waals surface area (Å²) < 4.78 is 3.30. The normalized spacial score (nSPS) is 17.5. The third-order valence-corrected chi connectivity index (χ3v) is 4.93. The molecule has 0 radical (unpaired) electrons. The fraction of sp³-hybridized carbons (Fsp3) is 0.333. The van der Waals surface area contributed by atoms with Crippen LogP contribution in [0.2, 0.25) is 0 Å². The van der Waals surface area contributed by atoms with Gasteiger partial charge in [-0.2, -0.15) is 0 Å². The van der Waals surface area contributed by atoms with Crippen LogP contribution in [0.4, 0.5) is 0 Å². The molecule has 0 aromatic carbocycles. The summed E-state index contributed by atoms with van der Waals surface area (Å²) in [6, 6.07) is 0. The summed E-state index contributed by atoms with van der Waals surface area (Å²) in [4.78, 5) is 10.1. The molecule has 0 fully saturated rings. The van der Waals surface area contributed by atoms with E-state index < -0.39 is 34.8 Å². The summed E-state index contributed by atoms with van der Waals surface area (Å²) in [5.41, 5.74) is 0. The molecule has 4 heteroatoms. The summed E-state index contributed by atoms with van der Waals surface area (Å²) in [5, 5.41) is 17.1. The third-order valence-electron chi connectivity index (χ3n) is 1.19. The number of hydrogen-bond donors (Lipinski definition) is 2. The molecule has 0 bridgehead atoms. The molecule has 0 aromatic rings. The zero-order valence-electron chi connectivity index (χ0n) is 5.19. The molecule has 0 saturated carbocycles. The van der Waals surface area contributed by atoms with E-state index in [1.165, 1.54) is 3.21 Å². The minimum absolute atomic E-state index is 0.350. The Hall–Kier alpha value is -0.0769. The molecule has 1 atom stereocenters. The Morgan fingerprint density at radius 1 is 1.80 bits per heavy atom. The van der Waals surface area contributed by atoms with E-state index >= 15 is 0 Å². The molecule has 0 saturated heterocycles. The minimum atomic E-state index is -1.18. The van der Waals surface area contributed by atoms with Crippen LogP contribution in [0.5, 0.6) is 0 Å². The van der Waals surface area contributed by atoms with Crippen LogP contribution in [0.25, 0.3) is 0 Å². The topological polar surface area (TPSA) is 57.5 Å². The predicted molar refractivity (Wildman–Crippen MR) is 38.2 cm³/mol. The van der Waals surface area contributed by atoms with Gasteiger partial charge in [0.1, 0.15) is 0 Å². The Morgan fingerprint density at radius 3 is 2.70 bits per heavy atom. The van der Waals surface area contributed by atoms with Crippen LogP contribution < -0.4 is 0 Å². The number of allylic oxidation sites excluding steroid dienone is 1. The van der Waals surface area contributed by atoms with Crippen molar-refractivity contribution >= 4 is 31.9 Å². The molecule has 0 aromatic heterocycles. The van der Waals surface area contributed by atoms with Gasteiger partial charge in [0.15, 0.2) is 0 Å². The Kier molecular flexibility index (Phi) is 2.69. The second kappa shape index (κ2) is 3.35. The van der Waals surface area contributed by atoms with Crippen molar-refractivity contribution in [2.75, 3.05) is 0 Å². The van der Waals surface area contributed by atoms with Crippen molar-refractivity contribution in [3.63, 3.8) is 0 Å². The van der Waals surface area contributed by atoms with Gasteiger partial charge in [-0.15, -0.1) is 0 Å². The molecular formula is C6H7BiO3. The third kappa shape index (κ3) is 1.96. The second-order valence-electron chi connectivity index (χ2n) is 1.99. The molecule has 1 heterocycles. The molecule has 54 valence electrons. The van der Waals surface area contributed by atoms with Crippen LogP contribution in [0.1, 0.15) is 6.42 Å². The molecule has 3 nitrogen and oxygen atoms in total. The SMILES string of the molecule is O=C(O)C(O)C[C]1=[Bi][CH]=C1. The van der Waals surface area contributed by atoms with Crippen LogP contribution in [0.3, 0.4) is 0 Å². The Bertz CT molecular complexity index is 207. The summed E-state index contributed by atoms with van der Waals surface area (Å²) >= 11 is -0.563. The van der Waals surface area contributed by atoms with Crippen molar-refractivity contribution in [1.82, 2.24) is 0 Å². The molecule has 0 spiro atoms. The molecular weight excluding hydrogens is 329 g/mol. The first-order chi connectivity index (χ1) is 4.70. The second-order valence-corrected chi connectivity index (χ2v) is 6.39. The van der Waals surface area contributed by atoms with Crippen LogP contribution in [0, 0.1) is 0 Å². The maximum absolute atomic E-state index is 10.1. The van der Waals surface area contributed by atoms with Crippen LogP contribution in [0.15, 0.2) is 9.86 Å². The molecule has 1 unspecified atom stereocenters. The summed E-state index contributed by atoms with van der Waals surface area (Å²) in [6.07, 6.45) is 1.09. The fourth-order valence-corrected chi connectivity index (χ4v) is 3.07. The van der Waals surface area contributed by atoms with Gasteiger partial charge in [-0.25, -0.2) is 0 Å². The van der Waals surface area contributed by atoms with Crippen molar-refractivity contribution in [1.29, 1.82) is 0 Å². The van der Waals surface area contributed by atoms with E-state index in [4.69, 9.17) is 10.2 Å². The predicted octanol–water partition coefficient (Wildman–Crippen LogP) is -0.774. The average molecular weight is 336 g/mol. The van der Waals surface area contributed by atoms with Gasteiger partial charge in [0.2, 0.25) is 0 Å². The number of hydrogen-bond acceptors (Lipinski definition) is 2. The van der Waals surface area contributed by atoms with Gasteiger partial charge in [0, 0.05) is 0 Å². The summed E-state index contributed by atoms with van der Waals surface area (Å²) in [7, 11) is 0. The van der Waals surface area contributed by atoms with E-state index in [1.807, 2.05) is 6.08 Å². The maximum atomic E-state index is 10.1. The van der Waals surface area contributed by atoms with Crippen molar-refractivity contribution in [3.05, 3.63) is 9.86 Å². The monoisotopic (exact) mass is 336 g/mol. The van der Waals surface area contributed by atoms with Crippen molar-refractivity contribution in [2.24, 2.45) is 0 Å². The first-order valence-corrected chi connectivity index (χ1v) is 6.59. The number of aliphatic hydroxyl groups is 1. The molecule has 1 aliphatic rings. The standard InChI is InChI=1S/C6H7O3.Bi/c1-2-3-4-5(7)6(8)9;/h1-2,5,7H,4H2,(H,8,9);. The Labute approximate surface area is 69.4 Å². The van der Waals surface area contributed by atoms with Crippen molar-refractivity contribution < 1.29 is 15.0 Å². The molecule has 0 aliphatic carbocycles. The summed E-state index contributed by atoms with van der Waals surface area (Å²) in [6.45, 7) is 0. The average Bonchev–Trinajstić information content (AvgIpc) is 1.77. The van der Waals surface area contributed by atoms with Gasteiger partial charge in [0.05, 0.1) is 0 Å². The number of carboxylic acid groups (broad SMARTS) is 1. The zero-order chi connectivity index (χ0) is 7.56. The number of carbonyl (C=O) groups is 1. The molecule has 2 N–H and O–H groups in total. The number of aliphatic carboxylic acids is 1. The van der Waals surface area contributed by atoms with E-state index in [-0.39, 0.29) is 0 Å². The molecule has 1 aliphatic heterocycles. The van der Waals surface area contributed by atoms with Crippen LogP contribution in [-0.2, 0) is 4.79 Å². The Balaban J connectivity index is 2.31. The number of rotatable bonds is 3. The van der Waals surface area contributed by atoms with Gasteiger partial charge in [0.25, 0.3) is 0 Å². The first-order valence-electron chi connectivity index (χ1n) is 2.84. The van der Waals surface area contributed by atoms with Gasteiger partial charge < -0.3 is 0 Å². The van der Waals surface area contributed by atoms with Crippen LogP contribution >= 0.6 is 0 Å². The quantitative estimate of drug-likeness (QED) is 0.666. The Morgan fingerprint density at radius 2 is 2.40 bits per heavy atom. The fourth-order valence-electron chi connectivity index (χ4n) is 0.586.